The highest BCUT2D eigenvalue weighted by Crippen LogP contribution is 2.18. The minimum absolute atomic E-state index is 0.631. The van der Waals surface area contributed by atoms with Crippen molar-refractivity contribution < 1.29 is 19.8 Å². The topological polar surface area (TPSA) is 81.1 Å². The van der Waals surface area contributed by atoms with Crippen molar-refractivity contribution in [2.75, 3.05) is 42.8 Å². The summed E-state index contributed by atoms with van der Waals surface area (Å²) in [5.74, 6) is -2.39. The molecule has 26 heavy (non-hydrogen) atoms. The summed E-state index contributed by atoms with van der Waals surface area (Å²) in [6, 6.07) is 8.86. The number of nitrogens with zero attached hydrogens (tertiary/aromatic N) is 2. The number of piperidine rings is 1. The van der Waals surface area contributed by atoms with E-state index in [9.17, 15) is 0 Å². The van der Waals surface area contributed by atoms with Crippen LogP contribution in [0.3, 0.4) is 0 Å². The molecule has 1 heterocycles. The molecule has 0 radical (unpaired) electrons. The second kappa shape index (κ2) is 12.8. The zero-order chi connectivity index (χ0) is 19.4. The molecular formula is C18H26Cl2N2O4. The van der Waals surface area contributed by atoms with E-state index in [1.54, 1.807) is 0 Å². The maximum atomic E-state index is 9.10. The SMILES string of the molecule is ClCCN(CCCl)c1ccc(CN2CCCCC2)cc1.O=C(O)C(=O)O. The van der Waals surface area contributed by atoms with E-state index in [0.717, 1.165) is 19.6 Å². The van der Waals surface area contributed by atoms with E-state index in [-0.39, 0.29) is 0 Å². The first-order chi connectivity index (χ1) is 12.5. The lowest BCUT2D eigenvalue weighted by molar-refractivity contribution is -0.159. The number of aliphatic carboxylic acids is 2. The van der Waals surface area contributed by atoms with Crippen LogP contribution in [-0.4, -0.2) is 65.0 Å². The van der Waals surface area contributed by atoms with E-state index < -0.39 is 11.9 Å². The maximum absolute atomic E-state index is 9.10. The van der Waals surface area contributed by atoms with Crippen LogP contribution in [0.25, 0.3) is 0 Å². The molecule has 6 nitrogen and oxygen atoms in total. The van der Waals surface area contributed by atoms with Crippen LogP contribution >= 0.6 is 23.2 Å². The van der Waals surface area contributed by atoms with E-state index in [1.165, 1.54) is 43.6 Å². The average molecular weight is 405 g/mol. The molecule has 0 saturated carbocycles. The third kappa shape index (κ3) is 8.74. The molecule has 0 aliphatic carbocycles. The summed E-state index contributed by atoms with van der Waals surface area (Å²) in [4.78, 5) is 23.0. The lowest BCUT2D eigenvalue weighted by Crippen LogP contribution is -2.29. The summed E-state index contributed by atoms with van der Waals surface area (Å²) >= 11 is 11.7. The maximum Gasteiger partial charge on any atom is 0.414 e. The van der Waals surface area contributed by atoms with Crippen LogP contribution in [0, 0.1) is 0 Å². The first-order valence-electron chi connectivity index (χ1n) is 8.62. The van der Waals surface area contributed by atoms with Crippen LogP contribution in [-0.2, 0) is 16.1 Å². The minimum atomic E-state index is -1.82. The summed E-state index contributed by atoms with van der Waals surface area (Å²) in [6.45, 7) is 5.25. The first kappa shape index (κ1) is 22.5. The van der Waals surface area contributed by atoms with E-state index in [1.807, 2.05) is 0 Å². The van der Waals surface area contributed by atoms with Gasteiger partial charge in [-0.1, -0.05) is 18.6 Å². The number of hydrogen-bond acceptors (Lipinski definition) is 4. The van der Waals surface area contributed by atoms with Crippen LogP contribution in [0.15, 0.2) is 24.3 Å². The number of carbonyl (C=O) groups is 2. The number of anilines is 1. The van der Waals surface area contributed by atoms with Crippen molar-refractivity contribution in [3.8, 4) is 0 Å². The molecule has 0 bridgehead atoms. The predicted octanol–water partition coefficient (Wildman–Crippen LogP) is 3.11. The third-order valence-electron chi connectivity index (χ3n) is 4.05. The fourth-order valence-corrected chi connectivity index (χ4v) is 3.17. The zero-order valence-corrected chi connectivity index (χ0v) is 16.3. The van der Waals surface area contributed by atoms with Crippen LogP contribution in [0.1, 0.15) is 24.8 Å². The summed E-state index contributed by atoms with van der Waals surface area (Å²) in [6.07, 6.45) is 4.08. The highest BCUT2D eigenvalue weighted by Gasteiger charge is 2.11. The number of likely N-dealkylation sites (tertiary alicyclic amines) is 1. The Kier molecular flexibility index (Phi) is 11.1. The molecule has 1 aromatic carbocycles. The number of carboxylic acid groups (broad SMARTS) is 2. The Hall–Kier alpha value is -1.50. The number of hydrogen-bond donors (Lipinski definition) is 2. The van der Waals surface area contributed by atoms with Gasteiger partial charge in [0.25, 0.3) is 0 Å². The summed E-state index contributed by atoms with van der Waals surface area (Å²) in [5.41, 5.74) is 2.61. The Morgan fingerprint density at radius 2 is 1.42 bits per heavy atom. The van der Waals surface area contributed by atoms with Gasteiger partial charge in [-0.05, 0) is 43.6 Å². The standard InChI is InChI=1S/C16H24Cl2N2.C2H2O4/c17-8-12-20(13-9-18)16-6-4-15(5-7-16)14-19-10-2-1-3-11-19;3-1(4)2(5)6/h4-7H,1-3,8-14H2;(H,3,4)(H,5,6). The summed E-state index contributed by atoms with van der Waals surface area (Å²) in [5, 5.41) is 14.8. The molecular weight excluding hydrogens is 379 g/mol. The minimum Gasteiger partial charge on any atom is -0.473 e. The highest BCUT2D eigenvalue weighted by molar-refractivity contribution is 6.27. The van der Waals surface area contributed by atoms with Crippen molar-refractivity contribution >= 4 is 40.8 Å². The van der Waals surface area contributed by atoms with E-state index in [0.29, 0.717) is 11.8 Å². The molecule has 1 saturated heterocycles. The quantitative estimate of drug-likeness (QED) is 0.536. The van der Waals surface area contributed by atoms with Crippen molar-refractivity contribution in [1.82, 2.24) is 4.90 Å². The van der Waals surface area contributed by atoms with E-state index in [2.05, 4.69) is 34.1 Å². The molecule has 0 unspecified atom stereocenters. The van der Waals surface area contributed by atoms with Gasteiger partial charge >= 0.3 is 11.9 Å². The normalized spacial score (nSPS) is 14.2. The molecule has 1 fully saturated rings. The Balaban J connectivity index is 0.000000487. The molecule has 1 aliphatic rings. The number of halogens is 2. The Morgan fingerprint density at radius 3 is 1.85 bits per heavy atom. The number of carboxylic acids is 2. The van der Waals surface area contributed by atoms with E-state index in [4.69, 9.17) is 43.0 Å². The smallest absolute Gasteiger partial charge is 0.414 e. The summed E-state index contributed by atoms with van der Waals surface area (Å²) < 4.78 is 0. The fraction of sp³-hybridized carbons (Fsp3) is 0.556. The lowest BCUT2D eigenvalue weighted by Gasteiger charge is -2.27. The number of alkyl halides is 2. The Labute approximate surface area is 164 Å². The van der Waals surface area contributed by atoms with Gasteiger partial charge in [0.15, 0.2) is 0 Å². The van der Waals surface area contributed by atoms with Crippen molar-refractivity contribution in [2.45, 2.75) is 25.8 Å². The zero-order valence-electron chi connectivity index (χ0n) is 14.7. The first-order valence-corrected chi connectivity index (χ1v) is 9.69. The lowest BCUT2D eigenvalue weighted by atomic mass is 10.1. The Morgan fingerprint density at radius 1 is 0.923 bits per heavy atom. The molecule has 0 atom stereocenters. The van der Waals surface area contributed by atoms with Crippen molar-refractivity contribution in [3.05, 3.63) is 29.8 Å². The fourth-order valence-electron chi connectivity index (χ4n) is 2.76. The molecule has 146 valence electrons. The monoisotopic (exact) mass is 404 g/mol. The van der Waals surface area contributed by atoms with Gasteiger partial charge in [0.2, 0.25) is 0 Å². The van der Waals surface area contributed by atoms with Gasteiger partial charge in [-0.3, -0.25) is 4.90 Å². The molecule has 0 amide bonds. The summed E-state index contributed by atoms with van der Waals surface area (Å²) in [7, 11) is 0. The van der Waals surface area contributed by atoms with Gasteiger partial charge in [-0.25, -0.2) is 9.59 Å². The van der Waals surface area contributed by atoms with Crippen molar-refractivity contribution in [2.24, 2.45) is 0 Å². The number of benzene rings is 1. The van der Waals surface area contributed by atoms with Crippen LogP contribution in [0.5, 0.6) is 0 Å². The van der Waals surface area contributed by atoms with Gasteiger partial charge < -0.3 is 15.1 Å². The molecule has 1 aliphatic heterocycles. The van der Waals surface area contributed by atoms with Gasteiger partial charge in [0, 0.05) is 37.1 Å². The third-order valence-corrected chi connectivity index (χ3v) is 4.39. The van der Waals surface area contributed by atoms with Crippen LogP contribution in [0.2, 0.25) is 0 Å². The van der Waals surface area contributed by atoms with E-state index >= 15 is 0 Å². The second-order valence-electron chi connectivity index (χ2n) is 5.98. The highest BCUT2D eigenvalue weighted by atomic mass is 35.5. The van der Waals surface area contributed by atoms with Gasteiger partial charge in [0.05, 0.1) is 0 Å². The Bertz CT molecular complexity index is 531. The van der Waals surface area contributed by atoms with Crippen molar-refractivity contribution in [1.29, 1.82) is 0 Å². The van der Waals surface area contributed by atoms with Crippen LogP contribution in [0.4, 0.5) is 5.69 Å². The average Bonchev–Trinajstić information content (AvgIpc) is 2.63. The van der Waals surface area contributed by atoms with Crippen molar-refractivity contribution in [3.63, 3.8) is 0 Å². The number of rotatable bonds is 7. The predicted molar refractivity (Wildman–Crippen MR) is 104 cm³/mol. The molecule has 0 spiro atoms. The largest absolute Gasteiger partial charge is 0.473 e. The molecule has 2 rings (SSSR count). The van der Waals surface area contributed by atoms with Crippen LogP contribution < -0.4 is 4.90 Å². The molecule has 2 N–H and O–H groups in total. The molecule has 0 aromatic heterocycles. The second-order valence-corrected chi connectivity index (χ2v) is 6.73. The van der Waals surface area contributed by atoms with Gasteiger partial charge in [-0.2, -0.15) is 0 Å². The molecule has 8 heteroatoms. The van der Waals surface area contributed by atoms with Gasteiger partial charge in [0.1, 0.15) is 0 Å². The molecule has 1 aromatic rings. The van der Waals surface area contributed by atoms with Gasteiger partial charge in [-0.15, -0.1) is 23.2 Å².